The number of phenolic OH excluding ortho intramolecular Hbond substituents is 1. The number of ether oxygens (including phenoxy) is 1. The summed E-state index contributed by atoms with van der Waals surface area (Å²) in [7, 11) is 1.69. The number of amides is 1. The van der Waals surface area contributed by atoms with E-state index in [0.29, 0.717) is 67.6 Å². The largest absolute Gasteiger partial charge is 0.508 e. The molecular weight excluding hydrogens is 462 g/mol. The van der Waals surface area contributed by atoms with Gasteiger partial charge in [-0.1, -0.05) is 43.3 Å². The molecule has 0 spiro atoms. The van der Waals surface area contributed by atoms with Crippen molar-refractivity contribution in [3.05, 3.63) is 64.7 Å². The summed E-state index contributed by atoms with van der Waals surface area (Å²) in [5.74, 6) is 2.60. The third-order valence-electron chi connectivity index (χ3n) is 9.65. The number of hydrogen-bond acceptors (Lipinski definition) is 4. The smallest absolute Gasteiger partial charge is 0.220 e. The average molecular weight is 504 g/mol. The highest BCUT2D eigenvalue weighted by Crippen LogP contribution is 2.62. The molecule has 5 nitrogen and oxygen atoms in total. The number of methoxy groups -OCH3 is 1. The Balaban J connectivity index is 1.26. The normalized spacial score (nSPS) is 28.3. The van der Waals surface area contributed by atoms with Crippen molar-refractivity contribution in [3.8, 4) is 5.75 Å². The van der Waals surface area contributed by atoms with Crippen LogP contribution < -0.4 is 5.32 Å². The van der Waals surface area contributed by atoms with Crippen LogP contribution in [0.3, 0.4) is 0 Å². The van der Waals surface area contributed by atoms with Gasteiger partial charge in [-0.15, -0.1) is 0 Å². The fraction of sp³-hybridized carbons (Fsp3) is 0.562. The van der Waals surface area contributed by atoms with Gasteiger partial charge >= 0.3 is 0 Å². The molecule has 0 bridgehead atoms. The molecule has 2 saturated carbocycles. The number of phenols is 1. The number of fused-ring (bicyclic) bond motifs is 5. The predicted octanol–water partition coefficient (Wildman–Crippen LogP) is 5.72. The molecule has 0 saturated heterocycles. The van der Waals surface area contributed by atoms with Crippen molar-refractivity contribution in [2.75, 3.05) is 13.7 Å². The van der Waals surface area contributed by atoms with E-state index >= 15 is 0 Å². The third kappa shape index (κ3) is 5.20. The minimum absolute atomic E-state index is 0.0902. The number of carbonyl (C=O) groups excluding carboxylic acids is 2. The number of aryl methyl sites for hydroxylation is 1. The molecule has 5 rings (SSSR count). The first-order valence-corrected chi connectivity index (χ1v) is 14.1. The van der Waals surface area contributed by atoms with Crippen LogP contribution in [0, 0.1) is 23.2 Å². The molecule has 2 aromatic rings. The summed E-state index contributed by atoms with van der Waals surface area (Å²) < 4.78 is 5.26. The summed E-state index contributed by atoms with van der Waals surface area (Å²) in [5, 5.41) is 13.6. The van der Waals surface area contributed by atoms with Crippen LogP contribution in [-0.2, 0) is 33.7 Å². The Hall–Kier alpha value is -2.66. The Kier molecular flexibility index (Phi) is 7.71. The molecule has 2 N–H and O–H groups in total. The highest BCUT2D eigenvalue weighted by Gasteiger charge is 2.58. The highest BCUT2D eigenvalue weighted by molar-refractivity contribution is 5.87. The van der Waals surface area contributed by atoms with E-state index in [1.807, 2.05) is 36.4 Å². The lowest BCUT2D eigenvalue weighted by molar-refractivity contribution is -0.129. The second-order valence-electron chi connectivity index (χ2n) is 11.8. The van der Waals surface area contributed by atoms with Crippen molar-refractivity contribution in [3.63, 3.8) is 0 Å². The Morgan fingerprint density at radius 3 is 2.78 bits per heavy atom. The van der Waals surface area contributed by atoms with Crippen LogP contribution in [0.2, 0.25) is 0 Å². The van der Waals surface area contributed by atoms with Crippen LogP contribution in [0.5, 0.6) is 5.75 Å². The molecule has 0 aromatic heterocycles. The van der Waals surface area contributed by atoms with Crippen molar-refractivity contribution in [1.29, 1.82) is 0 Å². The fourth-order valence-corrected chi connectivity index (χ4v) is 7.80. The first-order chi connectivity index (χ1) is 17.9. The quantitative estimate of drug-likeness (QED) is 0.459. The first-order valence-electron chi connectivity index (χ1n) is 14.1. The van der Waals surface area contributed by atoms with E-state index in [2.05, 4.69) is 18.3 Å². The zero-order chi connectivity index (χ0) is 26.0. The van der Waals surface area contributed by atoms with E-state index < -0.39 is 0 Å². The Labute approximate surface area is 221 Å². The minimum atomic E-state index is -0.227. The molecule has 3 aliphatic carbocycles. The number of Topliss-reactive ketones (excluding diaryl/α,β-unsaturated/α-hetero) is 1. The first kappa shape index (κ1) is 26.0. The maximum Gasteiger partial charge on any atom is 0.220 e. The van der Waals surface area contributed by atoms with Crippen molar-refractivity contribution in [2.45, 2.75) is 77.2 Å². The second-order valence-corrected chi connectivity index (χ2v) is 11.8. The number of nitrogens with one attached hydrogen (secondary N) is 1. The van der Waals surface area contributed by atoms with Gasteiger partial charge in [0, 0.05) is 31.9 Å². The van der Waals surface area contributed by atoms with Gasteiger partial charge in [-0.05, 0) is 96.9 Å². The van der Waals surface area contributed by atoms with E-state index in [1.165, 1.54) is 11.1 Å². The van der Waals surface area contributed by atoms with Crippen LogP contribution in [0.4, 0.5) is 0 Å². The van der Waals surface area contributed by atoms with Crippen molar-refractivity contribution in [1.82, 2.24) is 5.32 Å². The van der Waals surface area contributed by atoms with E-state index in [-0.39, 0.29) is 11.3 Å². The van der Waals surface area contributed by atoms with E-state index in [1.54, 1.807) is 7.11 Å². The lowest BCUT2D eigenvalue weighted by atomic mass is 9.54. The number of ketones is 1. The van der Waals surface area contributed by atoms with Gasteiger partial charge in [-0.3, -0.25) is 9.59 Å². The summed E-state index contributed by atoms with van der Waals surface area (Å²) in [5.41, 5.74) is 4.52. The van der Waals surface area contributed by atoms with E-state index in [0.717, 1.165) is 49.7 Å². The molecule has 1 amide bonds. The van der Waals surface area contributed by atoms with E-state index in [4.69, 9.17) is 4.74 Å². The van der Waals surface area contributed by atoms with Gasteiger partial charge in [0.25, 0.3) is 0 Å². The SMILES string of the molecule is COCCc1cc2c(cc1O)CC[C@@H]1[C@@H]2CC[C@]2(C)C(=O)CC(CCCC(=O)NCc3ccccc3)[C@@H]12. The molecule has 3 aliphatic rings. The van der Waals surface area contributed by atoms with Crippen LogP contribution >= 0.6 is 0 Å². The maximum atomic E-state index is 13.3. The van der Waals surface area contributed by atoms with Crippen LogP contribution in [0.1, 0.15) is 80.0 Å². The van der Waals surface area contributed by atoms with Crippen molar-refractivity contribution in [2.24, 2.45) is 23.2 Å². The molecule has 5 heteroatoms. The van der Waals surface area contributed by atoms with Gasteiger partial charge in [-0.2, -0.15) is 0 Å². The second kappa shape index (κ2) is 11.0. The van der Waals surface area contributed by atoms with Gasteiger partial charge in [0.2, 0.25) is 5.91 Å². The molecule has 198 valence electrons. The molecule has 2 aromatic carbocycles. The summed E-state index contributed by atoms with van der Waals surface area (Å²) in [6, 6.07) is 14.2. The molecule has 0 aliphatic heterocycles. The van der Waals surface area contributed by atoms with Crippen molar-refractivity contribution >= 4 is 11.7 Å². The summed E-state index contributed by atoms with van der Waals surface area (Å²) in [6.45, 7) is 3.38. The fourth-order valence-electron chi connectivity index (χ4n) is 7.80. The lowest BCUT2D eigenvalue weighted by Crippen LogP contribution is -2.44. The summed E-state index contributed by atoms with van der Waals surface area (Å²) >= 11 is 0. The third-order valence-corrected chi connectivity index (χ3v) is 9.65. The maximum absolute atomic E-state index is 13.3. The van der Waals surface area contributed by atoms with Crippen LogP contribution in [0.25, 0.3) is 0 Å². The molecule has 37 heavy (non-hydrogen) atoms. The van der Waals surface area contributed by atoms with Crippen LogP contribution in [-0.4, -0.2) is 30.5 Å². The van der Waals surface area contributed by atoms with Crippen molar-refractivity contribution < 1.29 is 19.4 Å². The number of carbonyl (C=O) groups is 2. The Morgan fingerprint density at radius 2 is 2.00 bits per heavy atom. The number of rotatable bonds is 9. The van der Waals surface area contributed by atoms with Gasteiger partial charge in [0.15, 0.2) is 0 Å². The highest BCUT2D eigenvalue weighted by atomic mass is 16.5. The van der Waals surface area contributed by atoms with Gasteiger partial charge in [0.1, 0.15) is 11.5 Å². The molecule has 0 radical (unpaired) electrons. The topological polar surface area (TPSA) is 75.6 Å². The summed E-state index contributed by atoms with van der Waals surface area (Å²) in [4.78, 5) is 25.8. The number of benzene rings is 2. The lowest BCUT2D eigenvalue weighted by Gasteiger charge is -2.50. The standard InChI is InChI=1S/C32H41NO4/c1-32-15-13-25-26(12-11-22-18-28(34)23(14-16-37-2)17-27(22)25)31(32)24(19-29(32)35)9-6-10-30(36)33-20-21-7-4-3-5-8-21/h3-5,7-8,17-18,24-26,31,34H,6,9-16,19-20H2,1-2H3,(H,33,36)/t24?,25-,26+,31-,32+/m0/s1. The van der Waals surface area contributed by atoms with Gasteiger partial charge in [-0.25, -0.2) is 0 Å². The number of aromatic hydroxyl groups is 1. The van der Waals surface area contributed by atoms with Gasteiger partial charge < -0.3 is 15.2 Å². The number of hydrogen-bond donors (Lipinski definition) is 2. The molecule has 0 heterocycles. The average Bonchev–Trinajstić information content (AvgIpc) is 3.16. The zero-order valence-corrected chi connectivity index (χ0v) is 22.3. The molecule has 2 fully saturated rings. The van der Waals surface area contributed by atoms with Gasteiger partial charge in [0.05, 0.1) is 6.61 Å². The molecule has 1 unspecified atom stereocenters. The monoisotopic (exact) mass is 503 g/mol. The predicted molar refractivity (Wildman–Crippen MR) is 144 cm³/mol. The Bertz CT molecular complexity index is 1130. The van der Waals surface area contributed by atoms with E-state index in [9.17, 15) is 14.7 Å². The summed E-state index contributed by atoms with van der Waals surface area (Å²) in [6.07, 6.45) is 7.68. The minimum Gasteiger partial charge on any atom is -0.508 e. The van der Waals surface area contributed by atoms with Crippen LogP contribution in [0.15, 0.2) is 42.5 Å². The Morgan fingerprint density at radius 1 is 1.19 bits per heavy atom. The molecule has 5 atom stereocenters. The zero-order valence-electron chi connectivity index (χ0n) is 22.3. The molecular formula is C32H41NO4.